The number of nitrogen functional groups attached to an aromatic ring is 1. The van der Waals surface area contributed by atoms with Gasteiger partial charge in [-0.25, -0.2) is 4.79 Å². The molecule has 2 aromatic rings. The van der Waals surface area contributed by atoms with Gasteiger partial charge in [-0.05, 0) is 37.3 Å². The summed E-state index contributed by atoms with van der Waals surface area (Å²) in [7, 11) is 0. The van der Waals surface area contributed by atoms with Crippen LogP contribution in [0.15, 0.2) is 46.9 Å². The molecule has 23 heavy (non-hydrogen) atoms. The summed E-state index contributed by atoms with van der Waals surface area (Å²) >= 11 is 3.28. The molecule has 0 saturated carbocycles. The van der Waals surface area contributed by atoms with Crippen LogP contribution in [0, 0.1) is 0 Å². The minimum atomic E-state index is -0.521. The number of halogens is 1. The summed E-state index contributed by atoms with van der Waals surface area (Å²) < 4.78 is 11.4. The van der Waals surface area contributed by atoms with Crippen molar-refractivity contribution < 1.29 is 19.1 Å². The fourth-order valence-electron chi connectivity index (χ4n) is 1.95. The van der Waals surface area contributed by atoms with Crippen molar-refractivity contribution in [1.29, 1.82) is 0 Å². The lowest BCUT2D eigenvalue weighted by Gasteiger charge is -2.11. The molecule has 2 rings (SSSR count). The van der Waals surface area contributed by atoms with Crippen LogP contribution in [-0.2, 0) is 4.74 Å². The standard InChI is InChI=1S/C17H16BrNO4/c1-11(20)13-4-2-3-5-16(13)22-8-9-23-17(21)14-10-12(18)6-7-15(14)19/h2-7,10H,8-9,19H2,1H3. The lowest BCUT2D eigenvalue weighted by molar-refractivity contribution is 0.0450. The van der Waals surface area contributed by atoms with E-state index in [-0.39, 0.29) is 19.0 Å². The number of para-hydroxylation sites is 1. The van der Waals surface area contributed by atoms with E-state index in [0.717, 1.165) is 4.47 Å². The van der Waals surface area contributed by atoms with E-state index in [1.807, 2.05) is 0 Å². The maximum Gasteiger partial charge on any atom is 0.340 e. The smallest absolute Gasteiger partial charge is 0.340 e. The molecule has 5 nitrogen and oxygen atoms in total. The third-order valence-electron chi connectivity index (χ3n) is 3.08. The Balaban J connectivity index is 1.90. The number of hydrogen-bond donors (Lipinski definition) is 1. The van der Waals surface area contributed by atoms with Crippen molar-refractivity contribution in [3.63, 3.8) is 0 Å². The molecule has 0 aliphatic heterocycles. The van der Waals surface area contributed by atoms with Gasteiger partial charge in [-0.2, -0.15) is 0 Å². The fraction of sp³-hybridized carbons (Fsp3) is 0.176. The maximum absolute atomic E-state index is 12.0. The number of carbonyl (C=O) groups excluding carboxylic acids is 2. The Kier molecular flexibility index (Phi) is 5.76. The topological polar surface area (TPSA) is 78.6 Å². The lowest BCUT2D eigenvalue weighted by atomic mass is 10.1. The summed E-state index contributed by atoms with van der Waals surface area (Å²) in [6.45, 7) is 1.67. The summed E-state index contributed by atoms with van der Waals surface area (Å²) in [5.74, 6) is -0.134. The van der Waals surface area contributed by atoms with Crippen molar-refractivity contribution in [3.05, 3.63) is 58.1 Å². The summed E-state index contributed by atoms with van der Waals surface area (Å²) in [4.78, 5) is 23.4. The van der Waals surface area contributed by atoms with E-state index in [2.05, 4.69) is 15.9 Å². The number of Topliss-reactive ketones (excluding diaryl/α,β-unsaturated/α-hetero) is 1. The minimum Gasteiger partial charge on any atom is -0.489 e. The predicted molar refractivity (Wildman–Crippen MR) is 90.8 cm³/mol. The molecule has 0 fully saturated rings. The van der Waals surface area contributed by atoms with Gasteiger partial charge in [-0.3, -0.25) is 4.79 Å². The molecule has 6 heteroatoms. The first-order chi connectivity index (χ1) is 11.0. The van der Waals surface area contributed by atoms with Crippen molar-refractivity contribution in [2.75, 3.05) is 18.9 Å². The van der Waals surface area contributed by atoms with Crippen LogP contribution in [0.4, 0.5) is 5.69 Å². The highest BCUT2D eigenvalue weighted by atomic mass is 79.9. The maximum atomic E-state index is 12.0. The molecule has 0 amide bonds. The van der Waals surface area contributed by atoms with Crippen LogP contribution in [-0.4, -0.2) is 25.0 Å². The van der Waals surface area contributed by atoms with E-state index in [0.29, 0.717) is 22.6 Å². The van der Waals surface area contributed by atoms with Crippen LogP contribution >= 0.6 is 15.9 Å². The Morgan fingerprint density at radius 2 is 1.83 bits per heavy atom. The molecule has 0 spiro atoms. The second kappa shape index (κ2) is 7.78. The van der Waals surface area contributed by atoms with Gasteiger partial charge in [0.15, 0.2) is 5.78 Å². The van der Waals surface area contributed by atoms with E-state index in [1.54, 1.807) is 42.5 Å². The van der Waals surface area contributed by atoms with Crippen LogP contribution in [0.1, 0.15) is 27.6 Å². The number of ketones is 1. The van der Waals surface area contributed by atoms with Gasteiger partial charge in [0.1, 0.15) is 19.0 Å². The van der Waals surface area contributed by atoms with E-state index in [1.165, 1.54) is 6.92 Å². The molecule has 0 radical (unpaired) electrons. The second-order valence-electron chi connectivity index (χ2n) is 4.77. The van der Waals surface area contributed by atoms with Crippen molar-refractivity contribution in [1.82, 2.24) is 0 Å². The minimum absolute atomic E-state index is 0.0526. The van der Waals surface area contributed by atoms with E-state index >= 15 is 0 Å². The Labute approximate surface area is 142 Å². The van der Waals surface area contributed by atoms with Crippen LogP contribution in [0.5, 0.6) is 5.75 Å². The van der Waals surface area contributed by atoms with Crippen molar-refractivity contribution in [2.45, 2.75) is 6.92 Å². The van der Waals surface area contributed by atoms with Gasteiger partial charge in [0, 0.05) is 10.2 Å². The summed E-state index contributed by atoms with van der Waals surface area (Å²) in [6.07, 6.45) is 0. The van der Waals surface area contributed by atoms with Crippen LogP contribution in [0.2, 0.25) is 0 Å². The Morgan fingerprint density at radius 3 is 2.57 bits per heavy atom. The van der Waals surface area contributed by atoms with Crippen molar-refractivity contribution in [2.24, 2.45) is 0 Å². The van der Waals surface area contributed by atoms with Gasteiger partial charge in [-0.1, -0.05) is 28.1 Å². The highest BCUT2D eigenvalue weighted by molar-refractivity contribution is 9.10. The van der Waals surface area contributed by atoms with Gasteiger partial charge in [0.25, 0.3) is 0 Å². The van der Waals surface area contributed by atoms with Gasteiger partial charge in [-0.15, -0.1) is 0 Å². The van der Waals surface area contributed by atoms with Gasteiger partial charge < -0.3 is 15.2 Å². The zero-order valence-corrected chi connectivity index (χ0v) is 14.1. The van der Waals surface area contributed by atoms with E-state index in [4.69, 9.17) is 15.2 Å². The second-order valence-corrected chi connectivity index (χ2v) is 5.68. The normalized spacial score (nSPS) is 10.2. The van der Waals surface area contributed by atoms with Crippen LogP contribution in [0.25, 0.3) is 0 Å². The van der Waals surface area contributed by atoms with Crippen molar-refractivity contribution >= 4 is 33.4 Å². The monoisotopic (exact) mass is 377 g/mol. The molecule has 0 unspecified atom stereocenters. The SMILES string of the molecule is CC(=O)c1ccccc1OCCOC(=O)c1cc(Br)ccc1N. The molecule has 0 aromatic heterocycles. The molecule has 2 N–H and O–H groups in total. The number of nitrogens with two attached hydrogens (primary N) is 1. The Hall–Kier alpha value is -2.34. The third kappa shape index (κ3) is 4.56. The molecule has 2 aromatic carbocycles. The summed E-state index contributed by atoms with van der Waals surface area (Å²) in [6, 6.07) is 11.9. The number of hydrogen-bond acceptors (Lipinski definition) is 5. The molecule has 0 aliphatic rings. The molecular formula is C17H16BrNO4. The predicted octanol–water partition coefficient (Wildman–Crippen LogP) is 3.47. The molecule has 0 heterocycles. The van der Waals surface area contributed by atoms with Gasteiger partial charge >= 0.3 is 5.97 Å². The van der Waals surface area contributed by atoms with Gasteiger partial charge in [0.05, 0.1) is 11.1 Å². The number of esters is 1. The molecule has 0 bridgehead atoms. The largest absolute Gasteiger partial charge is 0.489 e. The molecular weight excluding hydrogens is 362 g/mol. The number of ether oxygens (including phenoxy) is 2. The Morgan fingerprint density at radius 1 is 1.09 bits per heavy atom. The quantitative estimate of drug-likeness (QED) is 0.360. The van der Waals surface area contributed by atoms with Crippen LogP contribution < -0.4 is 10.5 Å². The average molecular weight is 378 g/mol. The molecule has 0 aliphatic carbocycles. The molecule has 0 saturated heterocycles. The zero-order chi connectivity index (χ0) is 16.8. The fourth-order valence-corrected chi connectivity index (χ4v) is 2.31. The summed E-state index contributed by atoms with van der Waals surface area (Å²) in [5, 5.41) is 0. The third-order valence-corrected chi connectivity index (χ3v) is 3.57. The highest BCUT2D eigenvalue weighted by Gasteiger charge is 2.12. The number of anilines is 1. The first-order valence-electron chi connectivity index (χ1n) is 6.94. The first-order valence-corrected chi connectivity index (χ1v) is 7.73. The highest BCUT2D eigenvalue weighted by Crippen LogP contribution is 2.20. The number of rotatable bonds is 6. The van der Waals surface area contributed by atoms with E-state index < -0.39 is 5.97 Å². The average Bonchev–Trinajstić information content (AvgIpc) is 2.53. The molecule has 0 atom stereocenters. The van der Waals surface area contributed by atoms with Crippen molar-refractivity contribution in [3.8, 4) is 5.75 Å². The van der Waals surface area contributed by atoms with Gasteiger partial charge in [0.2, 0.25) is 0 Å². The van der Waals surface area contributed by atoms with E-state index in [9.17, 15) is 9.59 Å². The summed E-state index contributed by atoms with van der Waals surface area (Å²) in [5.41, 5.74) is 6.89. The zero-order valence-electron chi connectivity index (χ0n) is 12.5. The Bertz CT molecular complexity index is 730. The number of carbonyl (C=O) groups is 2. The lowest BCUT2D eigenvalue weighted by Crippen LogP contribution is -2.14. The number of benzene rings is 2. The van der Waals surface area contributed by atoms with Crippen LogP contribution in [0.3, 0.4) is 0 Å². The molecule has 120 valence electrons. The first kappa shape index (κ1) is 17.0.